The van der Waals surface area contributed by atoms with Gasteiger partial charge < -0.3 is 5.11 Å². The molecule has 1 aliphatic carbocycles. The molecule has 1 aromatic carbocycles. The predicted molar refractivity (Wildman–Crippen MR) is 83.3 cm³/mol. The fourth-order valence-corrected chi connectivity index (χ4v) is 3.39. The van der Waals surface area contributed by atoms with E-state index in [4.69, 9.17) is 0 Å². The van der Waals surface area contributed by atoms with E-state index in [0.29, 0.717) is 0 Å². The maximum absolute atomic E-state index is 14.9. The zero-order valence-corrected chi connectivity index (χ0v) is 15.7. The van der Waals surface area contributed by atoms with Crippen LogP contribution in [0, 0.1) is 0 Å². The van der Waals surface area contributed by atoms with Crippen LogP contribution >= 0.6 is 0 Å². The van der Waals surface area contributed by atoms with E-state index in [1.54, 1.807) is 0 Å². The minimum Gasteiger partial charge on any atom is -0.388 e. The Kier molecular flexibility index (Phi) is 5.31. The van der Waals surface area contributed by atoms with Gasteiger partial charge in [0.1, 0.15) is 0 Å². The van der Waals surface area contributed by atoms with E-state index in [1.807, 2.05) is 0 Å². The Morgan fingerprint density at radius 3 is 1.47 bits per heavy atom. The minimum absolute atomic E-state index is 0.0763. The number of benzene rings is 1. The first-order valence-electron chi connectivity index (χ1n) is 8.46. The van der Waals surface area contributed by atoms with Crippen molar-refractivity contribution >= 4 is 0 Å². The second-order valence-corrected chi connectivity index (χ2v) is 8.23. The second kappa shape index (κ2) is 6.46. The first-order valence-corrected chi connectivity index (χ1v) is 8.46. The molecule has 12 heteroatoms. The highest BCUT2D eigenvalue weighted by molar-refractivity contribution is 5.36. The van der Waals surface area contributed by atoms with Gasteiger partial charge in [-0.15, -0.1) is 0 Å². The number of aliphatic hydroxyl groups is 1. The van der Waals surface area contributed by atoms with Gasteiger partial charge in [0.15, 0.2) is 0 Å². The van der Waals surface area contributed by atoms with Crippen molar-refractivity contribution in [2.24, 2.45) is 0 Å². The number of aliphatic hydroxyl groups excluding tert-OH is 1. The van der Waals surface area contributed by atoms with Gasteiger partial charge in [0.25, 0.3) is 5.67 Å². The lowest BCUT2D eigenvalue weighted by molar-refractivity contribution is -0.487. The molecular formula is C18H17F11O. The molecule has 172 valence electrons. The molecule has 1 unspecified atom stereocenters. The van der Waals surface area contributed by atoms with Gasteiger partial charge in [0.2, 0.25) is 0 Å². The number of halogens is 11. The van der Waals surface area contributed by atoms with Crippen LogP contribution in [0.25, 0.3) is 0 Å². The van der Waals surface area contributed by atoms with Gasteiger partial charge in [-0.2, -0.15) is 43.9 Å². The average Bonchev–Trinajstić information content (AvgIpc) is 2.59. The van der Waals surface area contributed by atoms with Crippen molar-refractivity contribution < 1.29 is 53.4 Å². The molecule has 0 aromatic heterocycles. The average molecular weight is 458 g/mol. The maximum Gasteiger partial charge on any atom is 0.384 e. The third kappa shape index (κ3) is 2.77. The van der Waals surface area contributed by atoms with Crippen LogP contribution in [0.3, 0.4) is 0 Å². The highest BCUT2D eigenvalue weighted by Crippen LogP contribution is 2.70. The van der Waals surface area contributed by atoms with E-state index in [9.17, 15) is 53.4 Å². The van der Waals surface area contributed by atoms with Gasteiger partial charge in [0, 0.05) is 6.42 Å². The van der Waals surface area contributed by atoms with E-state index < -0.39 is 58.8 Å². The Hall–Kier alpha value is -1.59. The van der Waals surface area contributed by atoms with Crippen LogP contribution in [0.1, 0.15) is 44.4 Å². The summed E-state index contributed by atoms with van der Waals surface area (Å²) < 4.78 is 152. The highest BCUT2D eigenvalue weighted by atomic mass is 19.4. The Morgan fingerprint density at radius 2 is 1.07 bits per heavy atom. The van der Waals surface area contributed by atoms with E-state index in [1.165, 1.54) is 32.9 Å². The molecule has 1 aliphatic rings. The summed E-state index contributed by atoms with van der Waals surface area (Å²) >= 11 is 0. The van der Waals surface area contributed by atoms with Crippen LogP contribution in [-0.4, -0.2) is 40.4 Å². The molecule has 1 aromatic rings. The summed E-state index contributed by atoms with van der Waals surface area (Å²) in [7, 11) is 0. The molecule has 1 atom stereocenters. The smallest absolute Gasteiger partial charge is 0.384 e. The van der Waals surface area contributed by atoms with Crippen molar-refractivity contribution in [1.29, 1.82) is 0 Å². The van der Waals surface area contributed by atoms with Crippen LogP contribution in [-0.2, 0) is 5.41 Å². The first-order chi connectivity index (χ1) is 13.1. The molecule has 0 heterocycles. The summed E-state index contributed by atoms with van der Waals surface area (Å²) in [6.07, 6.45) is -5.41. The van der Waals surface area contributed by atoms with Crippen molar-refractivity contribution in [1.82, 2.24) is 0 Å². The maximum atomic E-state index is 14.9. The molecule has 0 radical (unpaired) electrons. The van der Waals surface area contributed by atoms with Gasteiger partial charge in [-0.25, -0.2) is 4.39 Å². The van der Waals surface area contributed by atoms with E-state index in [0.717, 1.165) is 12.1 Å². The van der Waals surface area contributed by atoms with Gasteiger partial charge >= 0.3 is 29.6 Å². The Balaban J connectivity index is 2.68. The van der Waals surface area contributed by atoms with Gasteiger partial charge in [-0.1, -0.05) is 45.0 Å². The van der Waals surface area contributed by atoms with E-state index in [-0.39, 0.29) is 5.56 Å². The number of alkyl halides is 11. The zero-order chi connectivity index (χ0) is 23.8. The van der Waals surface area contributed by atoms with Crippen molar-refractivity contribution in [3.05, 3.63) is 35.4 Å². The Labute approximate surface area is 163 Å². The molecule has 1 N–H and O–H groups in total. The quantitative estimate of drug-likeness (QED) is 0.527. The number of hydrogen-bond donors (Lipinski definition) is 1. The van der Waals surface area contributed by atoms with Crippen molar-refractivity contribution in [2.45, 2.75) is 74.0 Å². The lowest BCUT2D eigenvalue weighted by Gasteiger charge is -2.53. The summed E-state index contributed by atoms with van der Waals surface area (Å²) in [4.78, 5) is 0. The van der Waals surface area contributed by atoms with Crippen LogP contribution < -0.4 is 0 Å². The molecule has 1 saturated carbocycles. The van der Waals surface area contributed by atoms with Gasteiger partial charge in [-0.3, -0.25) is 0 Å². The van der Waals surface area contributed by atoms with Crippen LogP contribution in [0.4, 0.5) is 48.3 Å². The molecular weight excluding hydrogens is 441 g/mol. The largest absolute Gasteiger partial charge is 0.388 e. The first kappa shape index (κ1) is 24.7. The molecule has 0 aliphatic heterocycles. The van der Waals surface area contributed by atoms with Crippen molar-refractivity contribution in [2.75, 3.05) is 0 Å². The monoisotopic (exact) mass is 458 g/mol. The molecule has 30 heavy (non-hydrogen) atoms. The third-order valence-electron chi connectivity index (χ3n) is 5.18. The predicted octanol–water partition coefficient (Wildman–Crippen LogP) is 6.31. The van der Waals surface area contributed by atoms with E-state index in [2.05, 4.69) is 0 Å². The normalized spacial score (nSPS) is 26.8. The molecule has 0 bridgehead atoms. The van der Waals surface area contributed by atoms with Crippen molar-refractivity contribution in [3.8, 4) is 0 Å². The van der Waals surface area contributed by atoms with E-state index >= 15 is 0 Å². The third-order valence-corrected chi connectivity index (χ3v) is 5.18. The number of hydrogen-bond acceptors (Lipinski definition) is 1. The van der Waals surface area contributed by atoms with Gasteiger partial charge in [0.05, 0.1) is 6.10 Å². The van der Waals surface area contributed by atoms with Crippen LogP contribution in [0.15, 0.2) is 24.3 Å². The lowest BCUT2D eigenvalue weighted by Crippen LogP contribution is -2.83. The lowest BCUT2D eigenvalue weighted by atomic mass is 9.69. The number of rotatable bonds is 3. The topological polar surface area (TPSA) is 20.2 Å². The minimum atomic E-state index is -7.27. The summed E-state index contributed by atoms with van der Waals surface area (Å²) in [5, 5.41) is 10.1. The highest BCUT2D eigenvalue weighted by Gasteiger charge is 3.00. The Morgan fingerprint density at radius 1 is 0.700 bits per heavy atom. The summed E-state index contributed by atoms with van der Waals surface area (Å²) in [6.45, 7) is 4.53. The SMILES string of the molecule is CC(C)(C)c1ccccc1C(O)CC1(F)C(F)(F)C(F)(F)C(F)(F)C(F)(F)C1(F)F. The Bertz CT molecular complexity index is 781. The van der Waals surface area contributed by atoms with Gasteiger partial charge in [-0.05, 0) is 16.5 Å². The standard InChI is InChI=1S/C18H17F11O/c1-12(2,3)10-7-5-4-6-9(10)11(30)8-13(19)14(20,21)16(24,25)18(28,29)17(26,27)15(13,22)23/h4-7,11,30H,8H2,1-3H3. The molecule has 0 amide bonds. The molecule has 0 saturated heterocycles. The van der Waals surface area contributed by atoms with Crippen molar-refractivity contribution in [3.63, 3.8) is 0 Å². The second-order valence-electron chi connectivity index (χ2n) is 8.23. The zero-order valence-electron chi connectivity index (χ0n) is 15.7. The van der Waals surface area contributed by atoms with Crippen LogP contribution in [0.2, 0.25) is 0 Å². The summed E-state index contributed by atoms with van der Waals surface area (Å²) in [5.74, 6) is -35.5. The summed E-state index contributed by atoms with van der Waals surface area (Å²) in [6, 6.07) is 4.76. The summed E-state index contributed by atoms with van der Waals surface area (Å²) in [5.41, 5.74) is -7.52. The van der Waals surface area contributed by atoms with Crippen LogP contribution in [0.5, 0.6) is 0 Å². The fourth-order valence-electron chi connectivity index (χ4n) is 3.39. The fraction of sp³-hybridized carbons (Fsp3) is 0.667. The molecule has 2 rings (SSSR count). The molecule has 1 nitrogen and oxygen atoms in total. The molecule has 0 spiro atoms. The molecule has 1 fully saturated rings.